The third-order valence-corrected chi connectivity index (χ3v) is 7.95. The van der Waals surface area contributed by atoms with Crippen molar-refractivity contribution in [3.05, 3.63) is 29.8 Å². The van der Waals surface area contributed by atoms with Crippen molar-refractivity contribution < 1.29 is 18.0 Å². The molecule has 3 rings (SSSR count). The van der Waals surface area contributed by atoms with Gasteiger partial charge in [0, 0.05) is 25.6 Å². The van der Waals surface area contributed by atoms with E-state index in [1.165, 1.54) is 0 Å². The van der Waals surface area contributed by atoms with Gasteiger partial charge in [-0.15, -0.1) is 0 Å². The number of rotatable bonds is 7. The Labute approximate surface area is 186 Å². The van der Waals surface area contributed by atoms with E-state index in [0.29, 0.717) is 19.4 Å². The number of carbonyl (C=O) groups is 2. The normalized spacial score (nSPS) is 23.2. The molecule has 0 radical (unpaired) electrons. The van der Waals surface area contributed by atoms with Crippen LogP contribution in [0.25, 0.3) is 0 Å². The molecule has 1 saturated heterocycles. The number of benzene rings is 1. The topological polar surface area (TPSA) is 95.6 Å². The second-order valence-electron chi connectivity index (χ2n) is 9.00. The summed E-state index contributed by atoms with van der Waals surface area (Å²) in [6, 6.07) is 6.31. The first-order chi connectivity index (χ1) is 14.8. The lowest BCUT2D eigenvalue weighted by Gasteiger charge is -2.31. The van der Waals surface area contributed by atoms with Gasteiger partial charge in [-0.1, -0.05) is 17.7 Å². The first kappa shape index (κ1) is 23.7. The van der Waals surface area contributed by atoms with Crippen LogP contribution in [0.5, 0.6) is 0 Å². The Kier molecular flexibility index (Phi) is 8.11. The molecule has 1 aromatic carbocycles. The summed E-state index contributed by atoms with van der Waals surface area (Å²) >= 11 is 0. The highest BCUT2D eigenvalue weighted by Crippen LogP contribution is 2.29. The van der Waals surface area contributed by atoms with Crippen molar-refractivity contribution in [2.75, 3.05) is 19.6 Å². The highest BCUT2D eigenvalue weighted by atomic mass is 32.2. The van der Waals surface area contributed by atoms with Gasteiger partial charge in [-0.2, -0.15) is 0 Å². The van der Waals surface area contributed by atoms with Gasteiger partial charge in [-0.3, -0.25) is 9.59 Å². The van der Waals surface area contributed by atoms with Crippen LogP contribution < -0.4 is 10.0 Å². The molecule has 1 unspecified atom stereocenters. The third-order valence-electron chi connectivity index (χ3n) is 6.51. The van der Waals surface area contributed by atoms with Crippen molar-refractivity contribution in [3.63, 3.8) is 0 Å². The summed E-state index contributed by atoms with van der Waals surface area (Å²) < 4.78 is 27.6. The summed E-state index contributed by atoms with van der Waals surface area (Å²) in [6.45, 7) is 5.63. The Morgan fingerprint density at radius 1 is 1.03 bits per heavy atom. The molecule has 31 heavy (non-hydrogen) atoms. The number of likely N-dealkylation sites (tertiary alicyclic amines) is 1. The fourth-order valence-corrected chi connectivity index (χ4v) is 5.55. The fraction of sp³-hybridized carbons (Fsp3) is 0.652. The molecule has 0 spiro atoms. The van der Waals surface area contributed by atoms with Crippen LogP contribution in [0.15, 0.2) is 29.2 Å². The second kappa shape index (κ2) is 10.6. The molecule has 1 aliphatic heterocycles. The summed E-state index contributed by atoms with van der Waals surface area (Å²) in [5.41, 5.74) is 1.02. The highest BCUT2D eigenvalue weighted by Gasteiger charge is 2.30. The largest absolute Gasteiger partial charge is 0.344 e. The Morgan fingerprint density at radius 2 is 1.65 bits per heavy atom. The van der Waals surface area contributed by atoms with E-state index in [9.17, 15) is 18.0 Å². The number of nitrogens with zero attached hydrogens (tertiary/aromatic N) is 1. The van der Waals surface area contributed by atoms with E-state index in [2.05, 4.69) is 10.0 Å². The van der Waals surface area contributed by atoms with E-state index >= 15 is 0 Å². The number of hydrogen-bond donors (Lipinski definition) is 2. The van der Waals surface area contributed by atoms with Gasteiger partial charge in [0.25, 0.3) is 0 Å². The van der Waals surface area contributed by atoms with Gasteiger partial charge >= 0.3 is 0 Å². The van der Waals surface area contributed by atoms with E-state index in [-0.39, 0.29) is 28.5 Å². The van der Waals surface area contributed by atoms with Crippen molar-refractivity contribution in [2.24, 2.45) is 11.8 Å². The van der Waals surface area contributed by atoms with Gasteiger partial charge in [0.05, 0.1) is 4.90 Å². The second-order valence-corrected chi connectivity index (χ2v) is 10.8. The summed E-state index contributed by atoms with van der Waals surface area (Å²) in [7, 11) is -3.51. The van der Waals surface area contributed by atoms with Gasteiger partial charge in [-0.25, -0.2) is 13.1 Å². The third kappa shape index (κ3) is 6.53. The summed E-state index contributed by atoms with van der Waals surface area (Å²) in [5, 5.41) is 2.90. The Bertz CT molecular complexity index is 855. The molecule has 0 bridgehead atoms. The van der Waals surface area contributed by atoms with E-state index in [1.807, 2.05) is 11.8 Å². The maximum atomic E-state index is 12.6. The summed E-state index contributed by atoms with van der Waals surface area (Å²) in [4.78, 5) is 27.3. The molecular weight excluding hydrogens is 414 g/mol. The van der Waals surface area contributed by atoms with Crippen LogP contribution in [0.4, 0.5) is 0 Å². The highest BCUT2D eigenvalue weighted by molar-refractivity contribution is 7.89. The van der Waals surface area contributed by atoms with Crippen molar-refractivity contribution >= 4 is 21.8 Å². The van der Waals surface area contributed by atoms with Crippen LogP contribution in [0, 0.1) is 18.8 Å². The number of amides is 2. The average molecular weight is 450 g/mol. The quantitative estimate of drug-likeness (QED) is 0.669. The number of aryl methyl sites for hydroxylation is 1. The molecule has 8 heteroatoms. The first-order valence-electron chi connectivity index (χ1n) is 11.4. The summed E-state index contributed by atoms with van der Waals surface area (Å²) in [6.07, 6.45) is 6.25. The lowest BCUT2D eigenvalue weighted by atomic mass is 9.81. The van der Waals surface area contributed by atoms with Crippen LogP contribution in [-0.2, 0) is 19.6 Å². The molecule has 1 aliphatic carbocycles. The van der Waals surface area contributed by atoms with E-state index in [1.54, 1.807) is 31.2 Å². The predicted octanol–water partition coefficient (Wildman–Crippen LogP) is 2.60. The van der Waals surface area contributed by atoms with Crippen molar-refractivity contribution in [2.45, 2.75) is 69.7 Å². The Morgan fingerprint density at radius 3 is 2.26 bits per heavy atom. The number of carbonyl (C=O) groups excluding carboxylic acids is 2. The SMILES string of the molecule is Cc1ccc(S(=O)(=O)NCC2CCC(C(=O)NC(C)C(=O)N3CCCCC3)CC2)cc1. The van der Waals surface area contributed by atoms with Crippen LogP contribution >= 0.6 is 0 Å². The minimum absolute atomic E-state index is 0.00671. The zero-order chi connectivity index (χ0) is 22.4. The number of hydrogen-bond acceptors (Lipinski definition) is 4. The molecule has 1 aromatic rings. The Balaban J connectivity index is 1.42. The predicted molar refractivity (Wildman–Crippen MR) is 120 cm³/mol. The van der Waals surface area contributed by atoms with Gasteiger partial charge in [0.1, 0.15) is 6.04 Å². The average Bonchev–Trinajstić information content (AvgIpc) is 2.78. The maximum Gasteiger partial charge on any atom is 0.244 e. The zero-order valence-electron chi connectivity index (χ0n) is 18.6. The molecule has 172 valence electrons. The molecule has 2 amide bonds. The monoisotopic (exact) mass is 449 g/mol. The molecule has 7 nitrogen and oxygen atoms in total. The van der Waals surface area contributed by atoms with Crippen molar-refractivity contribution in [1.82, 2.24) is 14.9 Å². The van der Waals surface area contributed by atoms with Gasteiger partial charge in [0.2, 0.25) is 21.8 Å². The first-order valence-corrected chi connectivity index (χ1v) is 12.9. The van der Waals surface area contributed by atoms with Gasteiger partial charge in [-0.05, 0) is 76.8 Å². The van der Waals surface area contributed by atoms with Crippen LogP contribution in [0.1, 0.15) is 57.4 Å². The summed E-state index contributed by atoms with van der Waals surface area (Å²) in [5.74, 6) is 0.0574. The van der Waals surface area contributed by atoms with E-state index in [4.69, 9.17) is 0 Å². The van der Waals surface area contributed by atoms with Crippen molar-refractivity contribution in [1.29, 1.82) is 0 Å². The van der Waals surface area contributed by atoms with Gasteiger partial charge in [0.15, 0.2) is 0 Å². The standard InChI is InChI=1S/C23H35N3O4S/c1-17-6-12-21(13-7-17)31(29,30)24-16-19-8-10-20(11-9-19)22(27)25-18(2)23(28)26-14-4-3-5-15-26/h6-7,12-13,18-20,24H,3-5,8-11,14-16H2,1-2H3,(H,25,27). The minimum atomic E-state index is -3.51. The maximum absolute atomic E-state index is 12.6. The Hall–Kier alpha value is -1.93. The lowest BCUT2D eigenvalue weighted by molar-refractivity contribution is -0.138. The molecule has 1 heterocycles. The number of piperidine rings is 1. The zero-order valence-corrected chi connectivity index (χ0v) is 19.4. The van der Waals surface area contributed by atoms with Crippen LogP contribution in [-0.4, -0.2) is 50.8 Å². The molecule has 2 N–H and O–H groups in total. The van der Waals surface area contributed by atoms with Crippen molar-refractivity contribution in [3.8, 4) is 0 Å². The molecule has 1 atom stereocenters. The minimum Gasteiger partial charge on any atom is -0.344 e. The van der Waals surface area contributed by atoms with E-state index < -0.39 is 16.1 Å². The van der Waals surface area contributed by atoms with Gasteiger partial charge < -0.3 is 10.2 Å². The number of sulfonamides is 1. The molecule has 2 fully saturated rings. The van der Waals surface area contributed by atoms with E-state index in [0.717, 1.165) is 50.8 Å². The number of nitrogens with one attached hydrogen (secondary N) is 2. The lowest BCUT2D eigenvalue weighted by Crippen LogP contribution is -2.50. The van der Waals surface area contributed by atoms with Crippen LogP contribution in [0.3, 0.4) is 0 Å². The smallest absolute Gasteiger partial charge is 0.244 e. The molecule has 2 aliphatic rings. The fourth-order valence-electron chi connectivity index (χ4n) is 4.44. The molecule has 1 saturated carbocycles. The van der Waals surface area contributed by atoms with Crippen LogP contribution in [0.2, 0.25) is 0 Å². The molecule has 0 aromatic heterocycles. The molecular formula is C23H35N3O4S.